The number of ketones is 1. The third-order valence-electron chi connectivity index (χ3n) is 2.15. The van der Waals surface area contributed by atoms with Gasteiger partial charge in [-0.2, -0.15) is 0 Å². The molecule has 0 amide bonds. The molecule has 0 aliphatic heterocycles. The third kappa shape index (κ3) is 2.94. The molecule has 0 saturated carbocycles. The second-order valence-corrected chi connectivity index (χ2v) is 3.27. The van der Waals surface area contributed by atoms with Crippen molar-refractivity contribution in [2.24, 2.45) is 0 Å². The monoisotopic (exact) mass is 220 g/mol. The normalized spacial score (nSPS) is 9.88. The van der Waals surface area contributed by atoms with E-state index in [9.17, 15) is 4.79 Å². The van der Waals surface area contributed by atoms with Crippen LogP contribution in [0.5, 0.6) is 5.75 Å². The van der Waals surface area contributed by atoms with Crippen molar-refractivity contribution < 1.29 is 14.3 Å². The average molecular weight is 220 g/mol. The number of ether oxygens (including phenoxy) is 2. The highest BCUT2D eigenvalue weighted by molar-refractivity contribution is 6.10. The van der Waals surface area contributed by atoms with Crippen LogP contribution in [0, 0.1) is 0 Å². The Morgan fingerprint density at radius 3 is 2.69 bits per heavy atom. The van der Waals surface area contributed by atoms with E-state index in [-0.39, 0.29) is 12.4 Å². The Morgan fingerprint density at radius 2 is 2.06 bits per heavy atom. The Kier molecular flexibility index (Phi) is 4.73. The number of methoxy groups -OCH3 is 1. The van der Waals surface area contributed by atoms with Gasteiger partial charge in [-0.05, 0) is 19.1 Å². The molecule has 0 unspecified atom stereocenters. The molecule has 0 aromatic heterocycles. The molecule has 1 aromatic carbocycles. The van der Waals surface area contributed by atoms with Gasteiger partial charge in [0, 0.05) is 12.2 Å². The summed E-state index contributed by atoms with van der Waals surface area (Å²) >= 11 is 0. The van der Waals surface area contributed by atoms with Crippen molar-refractivity contribution in [2.75, 3.05) is 20.3 Å². The predicted octanol–water partition coefficient (Wildman–Crippen LogP) is 2.47. The van der Waals surface area contributed by atoms with Crippen LogP contribution in [-0.2, 0) is 4.74 Å². The maximum absolute atomic E-state index is 12.0. The number of benzene rings is 1. The fourth-order valence-electron chi connectivity index (χ4n) is 1.31. The minimum absolute atomic E-state index is 0.133. The highest BCUT2D eigenvalue weighted by Gasteiger charge is 2.14. The number of rotatable bonds is 6. The van der Waals surface area contributed by atoms with E-state index in [2.05, 4.69) is 6.58 Å². The number of carbonyl (C=O) groups excluding carboxylic acids is 1. The first-order valence-electron chi connectivity index (χ1n) is 5.14. The second-order valence-electron chi connectivity index (χ2n) is 3.27. The lowest BCUT2D eigenvalue weighted by molar-refractivity contribution is 0.0989. The fourth-order valence-corrected chi connectivity index (χ4v) is 1.31. The lowest BCUT2D eigenvalue weighted by Crippen LogP contribution is -2.09. The van der Waals surface area contributed by atoms with Crippen molar-refractivity contribution in [3.05, 3.63) is 42.0 Å². The van der Waals surface area contributed by atoms with Gasteiger partial charge in [0.15, 0.2) is 5.78 Å². The molecule has 3 heteroatoms. The zero-order chi connectivity index (χ0) is 12.0. The van der Waals surface area contributed by atoms with Gasteiger partial charge < -0.3 is 9.47 Å². The van der Waals surface area contributed by atoms with Crippen LogP contribution in [0.3, 0.4) is 0 Å². The molecule has 0 aliphatic carbocycles. The van der Waals surface area contributed by atoms with Gasteiger partial charge in [-0.25, -0.2) is 0 Å². The molecule has 0 bridgehead atoms. The van der Waals surface area contributed by atoms with Crippen LogP contribution in [0.1, 0.15) is 17.3 Å². The molecular formula is C13H16O3. The number of carbonyl (C=O) groups is 1. The van der Waals surface area contributed by atoms with Crippen LogP contribution in [-0.4, -0.2) is 26.1 Å². The van der Waals surface area contributed by atoms with Gasteiger partial charge in [-0.1, -0.05) is 18.7 Å². The van der Waals surface area contributed by atoms with Crippen LogP contribution in [0.4, 0.5) is 0 Å². The summed E-state index contributed by atoms with van der Waals surface area (Å²) in [7, 11) is 1.54. The van der Waals surface area contributed by atoms with Crippen molar-refractivity contribution in [3.8, 4) is 5.75 Å². The van der Waals surface area contributed by atoms with Crippen molar-refractivity contribution in [1.29, 1.82) is 0 Å². The van der Waals surface area contributed by atoms with Gasteiger partial charge in [0.2, 0.25) is 0 Å². The Balaban J connectivity index is 2.83. The maximum Gasteiger partial charge on any atom is 0.194 e. The topological polar surface area (TPSA) is 35.5 Å². The van der Waals surface area contributed by atoms with Crippen molar-refractivity contribution in [3.63, 3.8) is 0 Å². The predicted molar refractivity (Wildman–Crippen MR) is 63.0 cm³/mol. The van der Waals surface area contributed by atoms with E-state index in [1.54, 1.807) is 18.2 Å². The van der Waals surface area contributed by atoms with E-state index in [1.165, 1.54) is 7.11 Å². The van der Waals surface area contributed by atoms with E-state index in [0.717, 1.165) is 0 Å². The maximum atomic E-state index is 12.0. The average Bonchev–Trinajstić information content (AvgIpc) is 2.34. The summed E-state index contributed by atoms with van der Waals surface area (Å²) in [6.07, 6.45) is 0. The molecule has 0 N–H and O–H groups in total. The Labute approximate surface area is 95.7 Å². The van der Waals surface area contributed by atoms with Gasteiger partial charge in [-0.3, -0.25) is 4.79 Å². The van der Waals surface area contributed by atoms with Crippen LogP contribution in [0.25, 0.3) is 0 Å². The second kappa shape index (κ2) is 6.08. The van der Waals surface area contributed by atoms with Crippen molar-refractivity contribution >= 4 is 5.78 Å². The number of hydrogen-bond donors (Lipinski definition) is 0. The zero-order valence-corrected chi connectivity index (χ0v) is 9.66. The summed E-state index contributed by atoms with van der Waals surface area (Å²) in [6.45, 7) is 6.41. The molecule has 86 valence electrons. The van der Waals surface area contributed by atoms with E-state index in [4.69, 9.17) is 9.47 Å². The highest BCUT2D eigenvalue weighted by atomic mass is 16.5. The molecule has 0 fully saturated rings. The number of Topliss-reactive ketones (excluding diaryl/α,β-unsaturated/α-hetero) is 1. The van der Waals surface area contributed by atoms with Crippen LogP contribution in [0.15, 0.2) is 36.4 Å². The van der Waals surface area contributed by atoms with Crippen molar-refractivity contribution in [2.45, 2.75) is 6.92 Å². The molecule has 1 aromatic rings. The summed E-state index contributed by atoms with van der Waals surface area (Å²) in [5.41, 5.74) is 0.959. The number of para-hydroxylation sites is 1. The minimum Gasteiger partial charge on any atom is -0.496 e. The first kappa shape index (κ1) is 12.5. The molecule has 1 rings (SSSR count). The van der Waals surface area contributed by atoms with Crippen LogP contribution < -0.4 is 4.74 Å². The van der Waals surface area contributed by atoms with Gasteiger partial charge in [-0.15, -0.1) is 0 Å². The van der Waals surface area contributed by atoms with Gasteiger partial charge in [0.1, 0.15) is 5.75 Å². The Bertz CT molecular complexity index is 383. The molecule has 3 nitrogen and oxygen atoms in total. The number of hydrogen-bond acceptors (Lipinski definition) is 3. The van der Waals surface area contributed by atoms with E-state index in [1.807, 2.05) is 13.0 Å². The molecule has 0 saturated heterocycles. The minimum atomic E-state index is -0.133. The van der Waals surface area contributed by atoms with E-state index in [0.29, 0.717) is 23.5 Å². The Morgan fingerprint density at radius 1 is 1.38 bits per heavy atom. The fraction of sp³-hybridized carbons (Fsp3) is 0.308. The standard InChI is InChI=1S/C13H16O3/c1-4-16-9-10(2)13(14)11-7-5-6-8-12(11)15-3/h5-8H,2,4,9H2,1,3H3. The molecule has 16 heavy (non-hydrogen) atoms. The smallest absolute Gasteiger partial charge is 0.194 e. The molecule has 0 spiro atoms. The lowest BCUT2D eigenvalue weighted by Gasteiger charge is -2.08. The third-order valence-corrected chi connectivity index (χ3v) is 2.15. The van der Waals surface area contributed by atoms with E-state index >= 15 is 0 Å². The van der Waals surface area contributed by atoms with Crippen molar-refractivity contribution in [1.82, 2.24) is 0 Å². The summed E-state index contributed by atoms with van der Waals surface area (Å²) < 4.78 is 10.3. The van der Waals surface area contributed by atoms with Gasteiger partial charge in [0.05, 0.1) is 19.3 Å². The van der Waals surface area contributed by atoms with Gasteiger partial charge in [0.25, 0.3) is 0 Å². The molecular weight excluding hydrogens is 204 g/mol. The van der Waals surface area contributed by atoms with Crippen LogP contribution in [0.2, 0.25) is 0 Å². The highest BCUT2D eigenvalue weighted by Crippen LogP contribution is 2.20. The summed E-state index contributed by atoms with van der Waals surface area (Å²) in [6, 6.07) is 7.09. The summed E-state index contributed by atoms with van der Waals surface area (Å²) in [5, 5.41) is 0. The molecule has 0 radical (unpaired) electrons. The summed E-state index contributed by atoms with van der Waals surface area (Å²) in [4.78, 5) is 12.0. The van der Waals surface area contributed by atoms with Gasteiger partial charge >= 0.3 is 0 Å². The summed E-state index contributed by atoms with van der Waals surface area (Å²) in [5.74, 6) is 0.427. The van der Waals surface area contributed by atoms with E-state index < -0.39 is 0 Å². The quantitative estimate of drug-likeness (QED) is 0.545. The first-order valence-corrected chi connectivity index (χ1v) is 5.14. The largest absolute Gasteiger partial charge is 0.496 e. The zero-order valence-electron chi connectivity index (χ0n) is 9.66. The molecule has 0 atom stereocenters. The Hall–Kier alpha value is -1.61. The molecule has 0 heterocycles. The lowest BCUT2D eigenvalue weighted by atomic mass is 10.0. The van der Waals surface area contributed by atoms with Crippen LogP contribution >= 0.6 is 0 Å². The SMILES string of the molecule is C=C(COCC)C(=O)c1ccccc1OC. The molecule has 0 aliphatic rings. The first-order chi connectivity index (χ1) is 7.70.